The van der Waals surface area contributed by atoms with Crippen LogP contribution in [0.3, 0.4) is 0 Å². The molecule has 0 saturated carbocycles. The van der Waals surface area contributed by atoms with E-state index in [0.717, 1.165) is 5.75 Å². The van der Waals surface area contributed by atoms with Gasteiger partial charge < -0.3 is 20.1 Å². The lowest BCUT2D eigenvalue weighted by Crippen LogP contribution is -2.28. The highest BCUT2D eigenvalue weighted by Gasteiger charge is 2.32. The summed E-state index contributed by atoms with van der Waals surface area (Å²) in [4.78, 5) is 28.8. The number of nitrogens with one attached hydrogen (secondary N) is 2. The number of nitrogens with zero attached hydrogens (tertiary/aromatic N) is 1. The standard InChI is InChI=1S/C21H23N3O4S/c1-14(13-27-2)22-21-24-20(26)18(29-21)12-19(25)23-15-8-10-17(11-9-15)28-16-6-4-3-5-7-16/h3-11,14,18H,12-13H2,1-2H3,(H,23,25)(H,22,24,26). The molecule has 0 spiro atoms. The Morgan fingerprint density at radius 1 is 1.17 bits per heavy atom. The molecule has 0 aliphatic carbocycles. The van der Waals surface area contributed by atoms with Gasteiger partial charge in [0.15, 0.2) is 5.17 Å². The number of hydrogen-bond donors (Lipinski definition) is 2. The number of amidine groups is 1. The Morgan fingerprint density at radius 2 is 1.86 bits per heavy atom. The van der Waals surface area contributed by atoms with Gasteiger partial charge in [0.05, 0.1) is 12.6 Å². The first-order valence-corrected chi connectivity index (χ1v) is 10.1. The van der Waals surface area contributed by atoms with Crippen molar-refractivity contribution < 1.29 is 19.1 Å². The van der Waals surface area contributed by atoms with E-state index >= 15 is 0 Å². The molecule has 1 aliphatic rings. The van der Waals surface area contributed by atoms with Crippen LogP contribution in [0.4, 0.5) is 5.69 Å². The van der Waals surface area contributed by atoms with Gasteiger partial charge in [0, 0.05) is 19.2 Å². The highest BCUT2D eigenvalue weighted by atomic mass is 32.2. The lowest BCUT2D eigenvalue weighted by atomic mass is 10.2. The molecule has 7 nitrogen and oxygen atoms in total. The second kappa shape index (κ2) is 10.1. The SMILES string of the molecule is COCC(C)N=C1NC(=O)C(CC(=O)Nc2ccc(Oc3ccccc3)cc2)S1. The quantitative estimate of drug-likeness (QED) is 0.692. The summed E-state index contributed by atoms with van der Waals surface area (Å²) in [6.45, 7) is 2.36. The van der Waals surface area contributed by atoms with E-state index in [1.807, 2.05) is 37.3 Å². The monoisotopic (exact) mass is 413 g/mol. The van der Waals surface area contributed by atoms with Gasteiger partial charge in [-0.15, -0.1) is 0 Å². The molecule has 2 N–H and O–H groups in total. The number of anilines is 1. The molecule has 1 fully saturated rings. The van der Waals surface area contributed by atoms with E-state index in [0.29, 0.717) is 23.2 Å². The Kier molecular flexibility index (Phi) is 7.26. The van der Waals surface area contributed by atoms with Crippen LogP contribution in [-0.2, 0) is 14.3 Å². The third kappa shape index (κ3) is 6.33. The summed E-state index contributed by atoms with van der Waals surface area (Å²) in [6.07, 6.45) is 0.0659. The summed E-state index contributed by atoms with van der Waals surface area (Å²) in [5.41, 5.74) is 0.640. The third-order valence-electron chi connectivity index (χ3n) is 4.01. The first-order valence-electron chi connectivity index (χ1n) is 9.20. The van der Waals surface area contributed by atoms with Gasteiger partial charge in [-0.05, 0) is 43.3 Å². The fraction of sp³-hybridized carbons (Fsp3) is 0.286. The molecule has 0 bridgehead atoms. The lowest BCUT2D eigenvalue weighted by Gasteiger charge is -2.09. The van der Waals surface area contributed by atoms with Crippen LogP contribution in [-0.4, -0.2) is 42.0 Å². The van der Waals surface area contributed by atoms with Crippen LogP contribution < -0.4 is 15.4 Å². The number of amides is 2. The Hall–Kier alpha value is -2.84. The first-order chi connectivity index (χ1) is 14.0. The van der Waals surface area contributed by atoms with Crippen LogP contribution in [0, 0.1) is 0 Å². The smallest absolute Gasteiger partial charge is 0.240 e. The molecule has 3 rings (SSSR count). The summed E-state index contributed by atoms with van der Waals surface area (Å²) < 4.78 is 10.8. The van der Waals surface area contributed by atoms with E-state index in [9.17, 15) is 9.59 Å². The Labute approximate surface area is 173 Å². The molecule has 2 amide bonds. The van der Waals surface area contributed by atoms with Gasteiger partial charge in [-0.25, -0.2) is 0 Å². The number of aliphatic imine (C=N–C) groups is 1. The normalized spacial score (nSPS) is 18.3. The van der Waals surface area contributed by atoms with Crippen molar-refractivity contribution in [3.63, 3.8) is 0 Å². The number of benzene rings is 2. The summed E-state index contributed by atoms with van der Waals surface area (Å²) in [5.74, 6) is 0.970. The maximum absolute atomic E-state index is 12.3. The predicted octanol–water partition coefficient (Wildman–Crippen LogP) is 3.43. The molecular weight excluding hydrogens is 390 g/mol. The van der Waals surface area contributed by atoms with Crippen molar-refractivity contribution in [2.24, 2.45) is 4.99 Å². The highest BCUT2D eigenvalue weighted by Crippen LogP contribution is 2.25. The fourth-order valence-corrected chi connectivity index (χ4v) is 3.76. The summed E-state index contributed by atoms with van der Waals surface area (Å²) in [7, 11) is 1.60. The van der Waals surface area contributed by atoms with Gasteiger partial charge in [-0.1, -0.05) is 30.0 Å². The van der Waals surface area contributed by atoms with Gasteiger partial charge in [0.1, 0.15) is 16.7 Å². The number of para-hydroxylation sites is 1. The van der Waals surface area contributed by atoms with Crippen LogP contribution in [0.2, 0.25) is 0 Å². The third-order valence-corrected chi connectivity index (χ3v) is 5.11. The van der Waals surface area contributed by atoms with E-state index in [-0.39, 0.29) is 24.3 Å². The average Bonchev–Trinajstić information content (AvgIpc) is 3.03. The largest absolute Gasteiger partial charge is 0.457 e. The second-order valence-electron chi connectivity index (χ2n) is 6.53. The van der Waals surface area contributed by atoms with E-state index in [2.05, 4.69) is 15.6 Å². The van der Waals surface area contributed by atoms with Crippen LogP contribution in [0.1, 0.15) is 13.3 Å². The molecule has 0 aromatic heterocycles. The van der Waals surface area contributed by atoms with Gasteiger partial charge in [-0.2, -0.15) is 0 Å². The maximum Gasteiger partial charge on any atom is 0.240 e. The molecule has 1 aliphatic heterocycles. The Bertz CT molecular complexity index is 871. The summed E-state index contributed by atoms with van der Waals surface area (Å²) >= 11 is 1.27. The fourth-order valence-electron chi connectivity index (χ4n) is 2.69. The number of rotatable bonds is 8. The van der Waals surface area contributed by atoms with Crippen LogP contribution >= 0.6 is 11.8 Å². The zero-order valence-corrected chi connectivity index (χ0v) is 17.1. The number of carbonyl (C=O) groups is 2. The molecular formula is C21H23N3O4S. The number of hydrogen-bond acceptors (Lipinski definition) is 6. The number of ether oxygens (including phenoxy) is 2. The van der Waals surface area contributed by atoms with Crippen molar-refractivity contribution in [2.45, 2.75) is 24.6 Å². The van der Waals surface area contributed by atoms with Crippen LogP contribution in [0.15, 0.2) is 59.6 Å². The molecule has 2 aromatic carbocycles. The molecule has 0 radical (unpaired) electrons. The minimum atomic E-state index is -0.496. The number of thioether (sulfide) groups is 1. The van der Waals surface area contributed by atoms with Crippen molar-refractivity contribution in [2.75, 3.05) is 19.0 Å². The van der Waals surface area contributed by atoms with Crippen molar-refractivity contribution >= 4 is 34.4 Å². The van der Waals surface area contributed by atoms with Crippen molar-refractivity contribution in [1.29, 1.82) is 0 Å². The van der Waals surface area contributed by atoms with E-state index in [1.54, 1.807) is 31.4 Å². The molecule has 152 valence electrons. The topological polar surface area (TPSA) is 89.0 Å². The molecule has 8 heteroatoms. The highest BCUT2D eigenvalue weighted by molar-refractivity contribution is 8.15. The van der Waals surface area contributed by atoms with E-state index in [4.69, 9.17) is 9.47 Å². The molecule has 2 unspecified atom stereocenters. The predicted molar refractivity (Wildman–Crippen MR) is 114 cm³/mol. The maximum atomic E-state index is 12.3. The molecule has 29 heavy (non-hydrogen) atoms. The minimum Gasteiger partial charge on any atom is -0.457 e. The number of carbonyl (C=O) groups excluding carboxylic acids is 2. The lowest BCUT2D eigenvalue weighted by molar-refractivity contribution is -0.122. The number of methoxy groups -OCH3 is 1. The Morgan fingerprint density at radius 3 is 2.55 bits per heavy atom. The van der Waals surface area contributed by atoms with Crippen LogP contribution in [0.5, 0.6) is 11.5 Å². The van der Waals surface area contributed by atoms with Gasteiger partial charge in [0.2, 0.25) is 11.8 Å². The molecule has 2 atom stereocenters. The van der Waals surface area contributed by atoms with E-state index < -0.39 is 5.25 Å². The molecule has 2 aromatic rings. The first kappa shape index (κ1) is 20.9. The molecule has 1 saturated heterocycles. The van der Waals surface area contributed by atoms with E-state index in [1.165, 1.54) is 11.8 Å². The zero-order chi connectivity index (χ0) is 20.6. The van der Waals surface area contributed by atoms with Crippen molar-refractivity contribution in [3.05, 3.63) is 54.6 Å². The summed E-state index contributed by atoms with van der Waals surface area (Å²) in [5, 5.41) is 5.56. The zero-order valence-electron chi connectivity index (χ0n) is 16.3. The minimum absolute atomic E-state index is 0.0630. The summed E-state index contributed by atoms with van der Waals surface area (Å²) in [6, 6.07) is 16.5. The van der Waals surface area contributed by atoms with Gasteiger partial charge in [-0.3, -0.25) is 14.6 Å². The molecule has 1 heterocycles. The van der Waals surface area contributed by atoms with Crippen molar-refractivity contribution in [3.8, 4) is 11.5 Å². The van der Waals surface area contributed by atoms with Crippen LogP contribution in [0.25, 0.3) is 0 Å². The van der Waals surface area contributed by atoms with Gasteiger partial charge in [0.25, 0.3) is 0 Å². The Balaban J connectivity index is 1.51. The average molecular weight is 413 g/mol. The van der Waals surface area contributed by atoms with Gasteiger partial charge >= 0.3 is 0 Å². The van der Waals surface area contributed by atoms with Crippen molar-refractivity contribution in [1.82, 2.24) is 5.32 Å². The second-order valence-corrected chi connectivity index (χ2v) is 7.72.